The second-order valence-corrected chi connectivity index (χ2v) is 13.3. The minimum absolute atomic E-state index is 0.0444. The van der Waals surface area contributed by atoms with Gasteiger partial charge in [0.15, 0.2) is 0 Å². The third-order valence-corrected chi connectivity index (χ3v) is 8.48. The van der Waals surface area contributed by atoms with Gasteiger partial charge in [0.1, 0.15) is 22.6 Å². The van der Waals surface area contributed by atoms with Crippen LogP contribution in [0.15, 0.2) is 46.5 Å². The molecule has 3 heterocycles. The van der Waals surface area contributed by atoms with Crippen LogP contribution in [0, 0.1) is 5.41 Å². The number of rotatable bonds is 3. The van der Waals surface area contributed by atoms with Crippen molar-refractivity contribution in [2.75, 3.05) is 25.0 Å². The number of carbonyl (C=O) groups excluding carboxylic acids is 3. The summed E-state index contributed by atoms with van der Waals surface area (Å²) < 4.78 is 45.2. The van der Waals surface area contributed by atoms with Crippen LogP contribution in [0.3, 0.4) is 0 Å². The van der Waals surface area contributed by atoms with Gasteiger partial charge in [-0.15, -0.1) is 0 Å². The van der Waals surface area contributed by atoms with E-state index in [1.165, 1.54) is 5.01 Å². The Kier molecular flexibility index (Phi) is 7.88. The molecule has 5 rings (SSSR count). The molecule has 226 valence electrons. The van der Waals surface area contributed by atoms with Crippen molar-refractivity contribution in [3.05, 3.63) is 52.0 Å². The van der Waals surface area contributed by atoms with Crippen LogP contribution in [0.2, 0.25) is 5.02 Å². The molecule has 1 aromatic carbocycles. The van der Waals surface area contributed by atoms with Crippen LogP contribution in [0.1, 0.15) is 58.4 Å². The summed E-state index contributed by atoms with van der Waals surface area (Å²) in [5, 5.41) is 8.02. The van der Waals surface area contributed by atoms with Gasteiger partial charge in [0.25, 0.3) is 5.91 Å². The quantitative estimate of drug-likeness (QED) is 0.398. The van der Waals surface area contributed by atoms with E-state index in [4.69, 9.17) is 16.3 Å². The smallest absolute Gasteiger partial charge is 0.416 e. The number of amides is 3. The van der Waals surface area contributed by atoms with E-state index in [9.17, 15) is 27.6 Å². The summed E-state index contributed by atoms with van der Waals surface area (Å²) in [5.74, 6) is -0.372. The summed E-state index contributed by atoms with van der Waals surface area (Å²) in [6.07, 6.45) is -0.443. The summed E-state index contributed by atoms with van der Waals surface area (Å²) in [4.78, 5) is 43.1. The molecular formula is C28H30BrClF3N5O4. The second kappa shape index (κ2) is 10.9. The van der Waals surface area contributed by atoms with Crippen molar-refractivity contribution in [2.45, 2.75) is 64.7 Å². The maximum Gasteiger partial charge on any atom is 0.416 e. The Morgan fingerprint density at radius 3 is 2.62 bits per heavy atom. The van der Waals surface area contributed by atoms with Crippen molar-refractivity contribution in [3.63, 3.8) is 0 Å². The first-order valence-corrected chi connectivity index (χ1v) is 14.6. The second-order valence-electron chi connectivity index (χ2n) is 11.9. The number of hydrogen-bond donors (Lipinski definition) is 1. The number of hydrazone groups is 1. The molecule has 3 amide bonds. The number of halogens is 5. The molecule has 1 spiro atoms. The Hall–Kier alpha value is -3.06. The molecule has 0 aromatic heterocycles. The van der Waals surface area contributed by atoms with Crippen molar-refractivity contribution in [1.29, 1.82) is 0 Å². The SMILES string of the molecule is CC(C)(C)OC(=O)N1CCC2(CCC3=C(C2)C(=O)N2N=C(Br)CC=C2N3CC(=O)Nc2ccc(C(F)(F)F)cc2Cl)C1. The van der Waals surface area contributed by atoms with Gasteiger partial charge in [0, 0.05) is 30.8 Å². The van der Waals surface area contributed by atoms with Gasteiger partial charge in [-0.25, -0.2) is 4.79 Å². The van der Waals surface area contributed by atoms with Gasteiger partial charge < -0.3 is 19.9 Å². The van der Waals surface area contributed by atoms with Crippen LogP contribution < -0.4 is 5.32 Å². The van der Waals surface area contributed by atoms with Gasteiger partial charge in [-0.3, -0.25) is 9.59 Å². The van der Waals surface area contributed by atoms with Crippen LogP contribution >= 0.6 is 27.5 Å². The minimum Gasteiger partial charge on any atom is -0.444 e. The van der Waals surface area contributed by atoms with Crippen LogP contribution in [0.25, 0.3) is 0 Å². The van der Waals surface area contributed by atoms with E-state index in [0.29, 0.717) is 66.9 Å². The largest absolute Gasteiger partial charge is 0.444 e. The van der Waals surface area contributed by atoms with Gasteiger partial charge in [0.05, 0.1) is 16.3 Å². The number of allylic oxidation sites excluding steroid dienone is 2. The minimum atomic E-state index is -4.57. The lowest BCUT2D eigenvalue weighted by atomic mass is 9.71. The molecule has 1 saturated heterocycles. The number of anilines is 1. The molecule has 4 aliphatic rings. The predicted molar refractivity (Wildman–Crippen MR) is 153 cm³/mol. The Labute approximate surface area is 254 Å². The van der Waals surface area contributed by atoms with Crippen molar-refractivity contribution >= 4 is 55.7 Å². The first-order valence-electron chi connectivity index (χ1n) is 13.5. The molecule has 1 aromatic rings. The molecule has 0 radical (unpaired) electrons. The zero-order valence-corrected chi connectivity index (χ0v) is 25.6. The van der Waals surface area contributed by atoms with Gasteiger partial charge in [-0.1, -0.05) is 11.6 Å². The zero-order chi connectivity index (χ0) is 30.6. The maximum atomic E-state index is 13.7. The lowest BCUT2D eigenvalue weighted by Gasteiger charge is -2.45. The molecule has 9 nitrogen and oxygen atoms in total. The van der Waals surface area contributed by atoms with E-state index in [1.807, 2.05) is 20.8 Å². The molecule has 1 atom stereocenters. The highest BCUT2D eigenvalue weighted by Crippen LogP contribution is 2.50. The van der Waals surface area contributed by atoms with Gasteiger partial charge in [-0.05, 0) is 92.1 Å². The number of nitrogens with zero attached hydrogens (tertiary/aromatic N) is 4. The number of alkyl halides is 3. The first kappa shape index (κ1) is 30.4. The van der Waals surface area contributed by atoms with Crippen LogP contribution in [0.5, 0.6) is 0 Å². The highest BCUT2D eigenvalue weighted by atomic mass is 79.9. The Morgan fingerprint density at radius 1 is 1.21 bits per heavy atom. The number of carbonyl (C=O) groups is 3. The predicted octanol–water partition coefficient (Wildman–Crippen LogP) is 6.46. The Morgan fingerprint density at radius 2 is 1.95 bits per heavy atom. The summed E-state index contributed by atoms with van der Waals surface area (Å²) in [7, 11) is 0. The van der Waals surface area contributed by atoms with Crippen LogP contribution in [-0.4, -0.2) is 62.6 Å². The number of nitrogens with one attached hydrogen (secondary N) is 1. The van der Waals surface area contributed by atoms with Crippen molar-refractivity contribution < 1.29 is 32.3 Å². The molecule has 1 unspecified atom stereocenters. The molecule has 1 aliphatic carbocycles. The van der Waals surface area contributed by atoms with E-state index in [0.717, 1.165) is 18.2 Å². The lowest BCUT2D eigenvalue weighted by Crippen LogP contribution is -2.49. The van der Waals surface area contributed by atoms with Crippen molar-refractivity contribution in [2.24, 2.45) is 10.5 Å². The van der Waals surface area contributed by atoms with Gasteiger partial charge in [0.2, 0.25) is 5.91 Å². The first-order chi connectivity index (χ1) is 19.6. The molecule has 1 N–H and O–H groups in total. The number of hydrogen-bond acceptors (Lipinski definition) is 6. The van der Waals surface area contributed by atoms with E-state index in [1.54, 1.807) is 15.9 Å². The highest BCUT2D eigenvalue weighted by molar-refractivity contribution is 9.18. The number of likely N-dealkylation sites (tertiary alicyclic amines) is 1. The summed E-state index contributed by atoms with van der Waals surface area (Å²) in [5.41, 5.74) is -0.591. The average molecular weight is 673 g/mol. The molecule has 3 aliphatic heterocycles. The van der Waals surface area contributed by atoms with E-state index < -0.39 is 23.2 Å². The van der Waals surface area contributed by atoms with Crippen molar-refractivity contribution in [1.82, 2.24) is 14.8 Å². The highest BCUT2D eigenvalue weighted by Gasteiger charge is 2.49. The summed E-state index contributed by atoms with van der Waals surface area (Å²) in [6.45, 7) is 6.20. The third-order valence-electron chi connectivity index (χ3n) is 7.69. The maximum absolute atomic E-state index is 13.7. The normalized spacial score (nSPS) is 22.6. The van der Waals surface area contributed by atoms with E-state index in [-0.39, 0.29) is 34.7 Å². The fourth-order valence-corrected chi connectivity index (χ4v) is 6.32. The number of benzene rings is 1. The monoisotopic (exact) mass is 671 g/mol. The molecule has 14 heteroatoms. The number of ether oxygens (including phenoxy) is 1. The number of fused-ring (bicyclic) bond motifs is 1. The van der Waals surface area contributed by atoms with Crippen molar-refractivity contribution in [3.8, 4) is 0 Å². The van der Waals surface area contributed by atoms with E-state index in [2.05, 4.69) is 26.3 Å². The van der Waals surface area contributed by atoms with Gasteiger partial charge >= 0.3 is 12.3 Å². The van der Waals surface area contributed by atoms with E-state index >= 15 is 0 Å². The Balaban J connectivity index is 1.38. The fraction of sp³-hybridized carbons (Fsp3) is 0.500. The standard InChI is InChI=1S/C28H30BrClF3N5O4/c1-26(2,3)42-25(41)36-11-10-27(15-36)9-8-20-17(13-27)24(40)38-23(7-6-21(29)35-38)37(20)14-22(39)34-19-5-4-16(12-18(19)30)28(31,32)33/h4-5,7,12H,6,8-11,13-15H2,1-3H3,(H,34,39). The third kappa shape index (κ3) is 6.17. The van der Waals surface area contributed by atoms with Crippen LogP contribution in [0.4, 0.5) is 23.7 Å². The molecular weight excluding hydrogens is 643 g/mol. The summed E-state index contributed by atoms with van der Waals surface area (Å²) >= 11 is 9.42. The van der Waals surface area contributed by atoms with Gasteiger partial charge in [-0.2, -0.15) is 23.3 Å². The molecule has 42 heavy (non-hydrogen) atoms. The molecule has 0 bridgehead atoms. The lowest BCUT2D eigenvalue weighted by molar-refractivity contribution is -0.137. The fourth-order valence-electron chi connectivity index (χ4n) is 5.77. The zero-order valence-electron chi connectivity index (χ0n) is 23.3. The summed E-state index contributed by atoms with van der Waals surface area (Å²) in [6, 6.07) is 2.72. The van der Waals surface area contributed by atoms with Crippen LogP contribution in [-0.2, 0) is 20.5 Å². The topological polar surface area (TPSA) is 94.6 Å². The molecule has 1 fully saturated rings. The Bertz CT molecular complexity index is 1440. The average Bonchev–Trinajstić information content (AvgIpc) is 3.29. The molecule has 0 saturated carbocycles.